The van der Waals surface area contributed by atoms with Gasteiger partial charge >= 0.3 is 0 Å². The lowest BCUT2D eigenvalue weighted by Crippen LogP contribution is -2.38. The van der Waals surface area contributed by atoms with Crippen molar-refractivity contribution in [1.29, 1.82) is 0 Å². The summed E-state index contributed by atoms with van der Waals surface area (Å²) < 4.78 is 0. The van der Waals surface area contributed by atoms with E-state index in [-0.39, 0.29) is 24.0 Å². The Kier molecular flexibility index (Phi) is 9.42. The van der Waals surface area contributed by atoms with Crippen molar-refractivity contribution < 1.29 is 0 Å². The molecule has 4 nitrogen and oxygen atoms in total. The zero-order valence-electron chi connectivity index (χ0n) is 15.8. The van der Waals surface area contributed by atoms with Crippen LogP contribution in [0.25, 0.3) is 0 Å². The van der Waals surface area contributed by atoms with Gasteiger partial charge in [-0.15, -0.1) is 35.3 Å². The van der Waals surface area contributed by atoms with Gasteiger partial charge < -0.3 is 10.6 Å². The van der Waals surface area contributed by atoms with E-state index in [0.29, 0.717) is 6.54 Å². The molecular weight excluding hydrogens is 443 g/mol. The number of rotatable bonds is 6. The average molecular weight is 472 g/mol. The Hall–Kier alpha value is -1.15. The third-order valence-electron chi connectivity index (χ3n) is 3.88. The van der Waals surface area contributed by atoms with Crippen LogP contribution in [0.15, 0.2) is 23.3 Å². The summed E-state index contributed by atoms with van der Waals surface area (Å²) in [5, 5.41) is 7.89. The average Bonchev–Trinajstić information content (AvgIpc) is 2.91. The maximum Gasteiger partial charge on any atom is 0.191 e. The molecule has 2 aromatic rings. The first-order chi connectivity index (χ1) is 11.5. The Morgan fingerprint density at radius 3 is 2.36 bits per heavy atom. The third kappa shape index (κ3) is 6.93. The number of nitrogens with one attached hydrogen (secondary N) is 2. The van der Waals surface area contributed by atoms with Gasteiger partial charge in [-0.1, -0.05) is 17.7 Å². The molecule has 0 amide bonds. The molecule has 1 aromatic heterocycles. The van der Waals surface area contributed by atoms with Crippen LogP contribution in [-0.2, 0) is 13.0 Å². The van der Waals surface area contributed by atoms with Crippen molar-refractivity contribution in [1.82, 2.24) is 15.6 Å². The fourth-order valence-corrected chi connectivity index (χ4v) is 3.55. The van der Waals surface area contributed by atoms with Gasteiger partial charge in [0.05, 0.1) is 11.6 Å². The van der Waals surface area contributed by atoms with Crippen molar-refractivity contribution in [2.45, 2.75) is 47.6 Å². The molecule has 0 bridgehead atoms. The van der Waals surface area contributed by atoms with Crippen molar-refractivity contribution in [3.8, 4) is 0 Å². The number of hydrogen-bond donors (Lipinski definition) is 2. The van der Waals surface area contributed by atoms with E-state index in [4.69, 9.17) is 4.99 Å². The number of benzene rings is 1. The lowest BCUT2D eigenvalue weighted by molar-refractivity contribution is 0.795. The smallest absolute Gasteiger partial charge is 0.191 e. The van der Waals surface area contributed by atoms with Crippen LogP contribution in [0.1, 0.15) is 39.1 Å². The first-order valence-corrected chi connectivity index (χ1v) is 9.31. The SMILES string of the molecule is CCNC(=NCc1c(C)cc(C)cc1C)NCCc1ncc(C)s1.I. The Bertz CT molecular complexity index is 686. The molecule has 1 heterocycles. The molecular formula is C19H29IN4S. The summed E-state index contributed by atoms with van der Waals surface area (Å²) in [4.78, 5) is 10.4. The number of guanidine groups is 1. The third-order valence-corrected chi connectivity index (χ3v) is 4.85. The summed E-state index contributed by atoms with van der Waals surface area (Å²) in [6, 6.07) is 4.45. The quantitative estimate of drug-likeness (QED) is 0.375. The van der Waals surface area contributed by atoms with Crippen LogP contribution in [0.2, 0.25) is 0 Å². The molecule has 0 aliphatic rings. The molecule has 0 saturated carbocycles. The van der Waals surface area contributed by atoms with Gasteiger partial charge in [0, 0.05) is 30.6 Å². The number of thiazole rings is 1. The molecule has 0 saturated heterocycles. The van der Waals surface area contributed by atoms with E-state index in [9.17, 15) is 0 Å². The summed E-state index contributed by atoms with van der Waals surface area (Å²) in [5.41, 5.74) is 5.24. The highest BCUT2D eigenvalue weighted by Gasteiger charge is 2.05. The van der Waals surface area contributed by atoms with E-state index in [1.165, 1.54) is 32.1 Å². The minimum Gasteiger partial charge on any atom is -0.357 e. The van der Waals surface area contributed by atoms with Gasteiger partial charge in [0.15, 0.2) is 5.96 Å². The Balaban J connectivity index is 0.00000312. The number of aryl methyl sites for hydroxylation is 4. The van der Waals surface area contributed by atoms with E-state index >= 15 is 0 Å². The van der Waals surface area contributed by atoms with Gasteiger partial charge in [-0.2, -0.15) is 0 Å². The molecule has 138 valence electrons. The van der Waals surface area contributed by atoms with Gasteiger partial charge in [-0.3, -0.25) is 0 Å². The molecule has 6 heteroatoms. The summed E-state index contributed by atoms with van der Waals surface area (Å²) >= 11 is 1.76. The molecule has 25 heavy (non-hydrogen) atoms. The molecule has 2 rings (SSSR count). The van der Waals surface area contributed by atoms with E-state index in [1.54, 1.807) is 11.3 Å². The van der Waals surface area contributed by atoms with Gasteiger partial charge in [0.25, 0.3) is 0 Å². The molecule has 0 radical (unpaired) electrons. The van der Waals surface area contributed by atoms with Crippen LogP contribution in [-0.4, -0.2) is 24.0 Å². The number of aromatic nitrogens is 1. The molecule has 0 aliphatic heterocycles. The molecule has 0 fully saturated rings. The van der Waals surface area contributed by atoms with Crippen molar-refractivity contribution in [2.75, 3.05) is 13.1 Å². The van der Waals surface area contributed by atoms with Crippen molar-refractivity contribution in [2.24, 2.45) is 4.99 Å². The van der Waals surface area contributed by atoms with E-state index in [1.807, 2.05) is 6.20 Å². The largest absolute Gasteiger partial charge is 0.357 e. The second kappa shape index (κ2) is 10.8. The van der Waals surface area contributed by atoms with Gasteiger partial charge in [-0.05, 0) is 51.3 Å². The number of aliphatic imine (C=N–C) groups is 1. The predicted octanol–water partition coefficient (Wildman–Crippen LogP) is 4.29. The van der Waals surface area contributed by atoms with Gasteiger partial charge in [0.2, 0.25) is 0 Å². The van der Waals surface area contributed by atoms with E-state index in [0.717, 1.165) is 25.5 Å². The fourth-order valence-electron chi connectivity index (χ4n) is 2.76. The zero-order valence-corrected chi connectivity index (χ0v) is 18.9. The van der Waals surface area contributed by atoms with Crippen LogP contribution >= 0.6 is 35.3 Å². The highest BCUT2D eigenvalue weighted by molar-refractivity contribution is 14.0. The van der Waals surface area contributed by atoms with E-state index < -0.39 is 0 Å². The van der Waals surface area contributed by atoms with Gasteiger partial charge in [0.1, 0.15) is 0 Å². The molecule has 0 unspecified atom stereocenters. The Morgan fingerprint density at radius 2 is 1.80 bits per heavy atom. The molecule has 0 aliphatic carbocycles. The number of halogens is 1. The summed E-state index contributed by atoms with van der Waals surface area (Å²) in [5.74, 6) is 0.866. The first kappa shape index (κ1) is 21.9. The van der Waals surface area contributed by atoms with Crippen LogP contribution in [0.5, 0.6) is 0 Å². The highest BCUT2D eigenvalue weighted by Crippen LogP contribution is 2.17. The maximum absolute atomic E-state index is 4.75. The summed E-state index contributed by atoms with van der Waals surface area (Å²) in [6.45, 7) is 13.0. The number of nitrogens with zero attached hydrogens (tertiary/aromatic N) is 2. The molecule has 0 atom stereocenters. The van der Waals surface area contributed by atoms with Crippen LogP contribution < -0.4 is 10.6 Å². The Labute approximate surface area is 172 Å². The highest BCUT2D eigenvalue weighted by atomic mass is 127. The Morgan fingerprint density at radius 1 is 1.12 bits per heavy atom. The zero-order chi connectivity index (χ0) is 17.5. The minimum absolute atomic E-state index is 0. The van der Waals surface area contributed by atoms with E-state index in [2.05, 4.69) is 62.4 Å². The maximum atomic E-state index is 4.75. The normalized spacial score (nSPS) is 11.2. The summed E-state index contributed by atoms with van der Waals surface area (Å²) in [6.07, 6.45) is 2.85. The van der Waals surface area contributed by atoms with Gasteiger partial charge in [-0.25, -0.2) is 9.98 Å². The van der Waals surface area contributed by atoms with Crippen LogP contribution in [0, 0.1) is 27.7 Å². The minimum atomic E-state index is 0. The topological polar surface area (TPSA) is 49.3 Å². The fraction of sp³-hybridized carbons (Fsp3) is 0.474. The molecule has 2 N–H and O–H groups in total. The van der Waals surface area contributed by atoms with Crippen molar-refractivity contribution in [3.63, 3.8) is 0 Å². The second-order valence-electron chi connectivity index (χ2n) is 6.11. The summed E-state index contributed by atoms with van der Waals surface area (Å²) in [7, 11) is 0. The standard InChI is InChI=1S/C19H28N4S.HI/c1-6-20-19(21-8-7-18-22-11-16(5)24-18)23-12-17-14(3)9-13(2)10-15(17)4;/h9-11H,6-8,12H2,1-5H3,(H2,20,21,23);1H. The second-order valence-corrected chi connectivity index (χ2v) is 7.43. The molecule has 1 aromatic carbocycles. The van der Waals surface area contributed by atoms with Crippen molar-refractivity contribution >= 4 is 41.3 Å². The monoisotopic (exact) mass is 472 g/mol. The predicted molar refractivity (Wildman–Crippen MR) is 119 cm³/mol. The lowest BCUT2D eigenvalue weighted by Gasteiger charge is -2.13. The van der Waals surface area contributed by atoms with Crippen LogP contribution in [0.3, 0.4) is 0 Å². The lowest BCUT2D eigenvalue weighted by atomic mass is 10.00. The number of hydrogen-bond acceptors (Lipinski definition) is 3. The van der Waals surface area contributed by atoms with Crippen molar-refractivity contribution in [3.05, 3.63) is 50.5 Å². The molecule has 0 spiro atoms. The first-order valence-electron chi connectivity index (χ1n) is 8.49. The van der Waals surface area contributed by atoms with Crippen LogP contribution in [0.4, 0.5) is 0 Å².